The molecular weight excluding hydrogens is 296 g/mol. The van der Waals surface area contributed by atoms with Crippen molar-refractivity contribution >= 4 is 23.5 Å². The first-order valence-electron chi connectivity index (χ1n) is 7.33. The minimum atomic E-state index is -0.367. The zero-order chi connectivity index (χ0) is 17.4. The number of benzene rings is 1. The number of hydrogen-bond acceptors (Lipinski definition) is 3. The number of urea groups is 1. The molecule has 0 aliphatic rings. The molecule has 0 aromatic heterocycles. The van der Waals surface area contributed by atoms with E-state index in [1.165, 1.54) is 9.80 Å². The third-order valence-electron chi connectivity index (χ3n) is 3.19. The summed E-state index contributed by atoms with van der Waals surface area (Å²) in [7, 11) is 6.77. The van der Waals surface area contributed by atoms with Crippen LogP contribution in [0.1, 0.15) is 12.0 Å². The van der Waals surface area contributed by atoms with Crippen molar-refractivity contribution in [2.45, 2.75) is 12.8 Å². The van der Waals surface area contributed by atoms with Gasteiger partial charge in [0.2, 0.25) is 11.8 Å². The summed E-state index contributed by atoms with van der Waals surface area (Å²) in [5.74, 6) is -0.0192. The summed E-state index contributed by atoms with van der Waals surface area (Å²) in [6.07, 6.45) is 0.581. The molecule has 0 heterocycles. The lowest BCUT2D eigenvalue weighted by molar-refractivity contribution is -0.129. The molecule has 0 unspecified atom stereocenters. The molecule has 1 aromatic rings. The van der Waals surface area contributed by atoms with Gasteiger partial charge in [0.05, 0.1) is 6.42 Å². The maximum absolute atomic E-state index is 11.7. The topological polar surface area (TPSA) is 81.8 Å². The Hall–Kier alpha value is -2.57. The number of nitrogens with one attached hydrogen (secondary N) is 2. The van der Waals surface area contributed by atoms with E-state index in [4.69, 9.17) is 0 Å². The second-order valence-corrected chi connectivity index (χ2v) is 5.58. The molecule has 0 aliphatic carbocycles. The first-order chi connectivity index (χ1) is 10.8. The zero-order valence-corrected chi connectivity index (χ0v) is 14.0. The van der Waals surface area contributed by atoms with E-state index in [1.807, 2.05) is 0 Å². The Morgan fingerprint density at radius 2 is 1.48 bits per heavy atom. The Labute approximate surface area is 136 Å². The van der Waals surface area contributed by atoms with E-state index in [0.29, 0.717) is 12.1 Å². The average molecular weight is 320 g/mol. The van der Waals surface area contributed by atoms with Gasteiger partial charge >= 0.3 is 6.03 Å². The summed E-state index contributed by atoms with van der Waals surface area (Å²) in [6.45, 7) is 0.276. The number of likely N-dealkylation sites (N-methyl/N-ethyl adjacent to an activating group) is 1. The Balaban J connectivity index is 2.41. The maximum Gasteiger partial charge on any atom is 0.319 e. The minimum Gasteiger partial charge on any atom is -0.349 e. The van der Waals surface area contributed by atoms with E-state index in [9.17, 15) is 14.4 Å². The number of hydrogen-bond donors (Lipinski definition) is 2. The molecule has 1 rings (SSSR count). The molecule has 7 heteroatoms. The summed E-state index contributed by atoms with van der Waals surface area (Å²) in [4.78, 5) is 37.7. The number of carbonyl (C=O) groups excluding carboxylic acids is 3. The summed E-state index contributed by atoms with van der Waals surface area (Å²) < 4.78 is 0. The molecule has 4 amide bonds. The van der Waals surface area contributed by atoms with E-state index in [2.05, 4.69) is 10.6 Å². The number of anilines is 1. The van der Waals surface area contributed by atoms with Gasteiger partial charge in [-0.2, -0.15) is 0 Å². The lowest BCUT2D eigenvalue weighted by Gasteiger charge is -2.12. The van der Waals surface area contributed by atoms with Crippen molar-refractivity contribution < 1.29 is 14.4 Å². The van der Waals surface area contributed by atoms with Gasteiger partial charge in [-0.15, -0.1) is 0 Å². The Morgan fingerprint density at radius 3 is 2.00 bits per heavy atom. The first-order valence-corrected chi connectivity index (χ1v) is 7.33. The Morgan fingerprint density at radius 1 is 0.913 bits per heavy atom. The standard InChI is InChI=1S/C16H24N4O3/c1-19(2)14(21)9-10-17-16(23)18-13-7-5-12(6-8-13)11-15(22)20(3)4/h5-8H,9-11H2,1-4H3,(H2,17,18,23). The summed E-state index contributed by atoms with van der Waals surface area (Å²) in [5, 5.41) is 5.30. The van der Waals surface area contributed by atoms with Gasteiger partial charge in [0, 0.05) is 46.8 Å². The molecule has 0 spiro atoms. The van der Waals surface area contributed by atoms with Gasteiger partial charge < -0.3 is 20.4 Å². The van der Waals surface area contributed by atoms with E-state index in [0.717, 1.165) is 5.56 Å². The van der Waals surface area contributed by atoms with Crippen LogP contribution in [0.2, 0.25) is 0 Å². The Kier molecular flexibility index (Phi) is 7.05. The van der Waals surface area contributed by atoms with Gasteiger partial charge in [0.1, 0.15) is 0 Å². The van der Waals surface area contributed by atoms with Crippen LogP contribution >= 0.6 is 0 Å². The molecule has 0 aliphatic heterocycles. The normalized spacial score (nSPS) is 9.91. The molecule has 7 nitrogen and oxygen atoms in total. The van der Waals surface area contributed by atoms with Crippen LogP contribution in [0.5, 0.6) is 0 Å². The minimum absolute atomic E-state index is 0.0222. The highest BCUT2D eigenvalue weighted by Gasteiger charge is 2.07. The maximum atomic E-state index is 11.7. The van der Waals surface area contributed by atoms with Crippen molar-refractivity contribution in [2.75, 3.05) is 40.1 Å². The molecule has 2 N–H and O–H groups in total. The predicted octanol–water partition coefficient (Wildman–Crippen LogP) is 0.917. The molecule has 0 fully saturated rings. The van der Waals surface area contributed by atoms with E-state index in [1.54, 1.807) is 52.5 Å². The first kappa shape index (κ1) is 18.5. The van der Waals surface area contributed by atoms with Crippen molar-refractivity contribution in [3.8, 4) is 0 Å². The van der Waals surface area contributed by atoms with Gasteiger partial charge in [-0.3, -0.25) is 9.59 Å². The third kappa shape index (κ3) is 6.82. The smallest absolute Gasteiger partial charge is 0.319 e. The lowest BCUT2D eigenvalue weighted by atomic mass is 10.1. The van der Waals surface area contributed by atoms with E-state index < -0.39 is 0 Å². The van der Waals surface area contributed by atoms with Crippen LogP contribution in [0.3, 0.4) is 0 Å². The second-order valence-electron chi connectivity index (χ2n) is 5.58. The quantitative estimate of drug-likeness (QED) is 0.817. The number of amides is 4. The SMILES string of the molecule is CN(C)C(=O)CCNC(=O)Nc1ccc(CC(=O)N(C)C)cc1. The average Bonchev–Trinajstić information content (AvgIpc) is 2.48. The lowest BCUT2D eigenvalue weighted by Crippen LogP contribution is -2.33. The van der Waals surface area contributed by atoms with Gasteiger partial charge in [-0.25, -0.2) is 4.79 Å². The van der Waals surface area contributed by atoms with Crippen LogP contribution in [-0.4, -0.2) is 62.4 Å². The predicted molar refractivity (Wildman–Crippen MR) is 89.2 cm³/mol. The fourth-order valence-corrected chi connectivity index (χ4v) is 1.72. The summed E-state index contributed by atoms with van der Waals surface area (Å²) in [5.41, 5.74) is 1.51. The highest BCUT2D eigenvalue weighted by atomic mass is 16.2. The largest absolute Gasteiger partial charge is 0.349 e. The van der Waals surface area contributed by atoms with Crippen LogP contribution in [0.25, 0.3) is 0 Å². The van der Waals surface area contributed by atoms with Gasteiger partial charge in [0.15, 0.2) is 0 Å². The van der Waals surface area contributed by atoms with Crippen LogP contribution < -0.4 is 10.6 Å². The van der Waals surface area contributed by atoms with Crippen molar-refractivity contribution in [3.63, 3.8) is 0 Å². The van der Waals surface area contributed by atoms with Gasteiger partial charge in [0.25, 0.3) is 0 Å². The van der Waals surface area contributed by atoms with Crippen molar-refractivity contribution in [3.05, 3.63) is 29.8 Å². The van der Waals surface area contributed by atoms with Gasteiger partial charge in [-0.05, 0) is 17.7 Å². The summed E-state index contributed by atoms with van der Waals surface area (Å²) >= 11 is 0. The highest BCUT2D eigenvalue weighted by molar-refractivity contribution is 5.89. The van der Waals surface area contributed by atoms with Crippen molar-refractivity contribution in [2.24, 2.45) is 0 Å². The highest BCUT2D eigenvalue weighted by Crippen LogP contribution is 2.10. The Bertz CT molecular complexity index is 553. The zero-order valence-electron chi connectivity index (χ0n) is 14.0. The molecule has 0 radical (unpaired) electrons. The van der Waals surface area contributed by atoms with Crippen LogP contribution in [0.4, 0.5) is 10.5 Å². The van der Waals surface area contributed by atoms with Crippen LogP contribution in [-0.2, 0) is 16.0 Å². The monoisotopic (exact) mass is 320 g/mol. The van der Waals surface area contributed by atoms with Crippen molar-refractivity contribution in [1.29, 1.82) is 0 Å². The fourth-order valence-electron chi connectivity index (χ4n) is 1.72. The molecule has 0 atom stereocenters. The van der Waals surface area contributed by atoms with E-state index in [-0.39, 0.29) is 30.8 Å². The molecule has 0 saturated carbocycles. The third-order valence-corrected chi connectivity index (χ3v) is 3.19. The molecule has 0 bridgehead atoms. The fraction of sp³-hybridized carbons (Fsp3) is 0.438. The van der Waals surface area contributed by atoms with Crippen LogP contribution in [0, 0.1) is 0 Å². The molecule has 1 aromatic carbocycles. The molecule has 126 valence electrons. The number of nitrogens with zero attached hydrogens (tertiary/aromatic N) is 2. The molecular formula is C16H24N4O3. The van der Waals surface area contributed by atoms with Crippen LogP contribution in [0.15, 0.2) is 24.3 Å². The van der Waals surface area contributed by atoms with Gasteiger partial charge in [-0.1, -0.05) is 12.1 Å². The van der Waals surface area contributed by atoms with Crippen molar-refractivity contribution in [1.82, 2.24) is 15.1 Å². The molecule has 0 saturated heterocycles. The number of rotatable bonds is 6. The summed E-state index contributed by atoms with van der Waals surface area (Å²) in [6, 6.07) is 6.71. The molecule has 23 heavy (non-hydrogen) atoms. The van der Waals surface area contributed by atoms with E-state index >= 15 is 0 Å². The second kappa shape index (κ2) is 8.77. The number of carbonyl (C=O) groups is 3.